The fraction of sp³-hybridized carbons (Fsp3) is 0. The largest absolute Gasteiger partial charge is 0.422 e. The monoisotopic (exact) mass is 245 g/mol. The number of fused-ring (bicyclic) bond motifs is 3. The lowest BCUT2D eigenvalue weighted by Gasteiger charge is -2.03. The molecule has 4 heteroatoms. The molecule has 0 spiro atoms. The van der Waals surface area contributed by atoms with Gasteiger partial charge in [0.05, 0.1) is 5.39 Å². The predicted octanol–water partition coefficient (Wildman–Crippen LogP) is 3.18. The molecule has 0 saturated carbocycles. The van der Waals surface area contributed by atoms with Crippen molar-refractivity contribution in [2.45, 2.75) is 0 Å². The molecule has 0 radical (unpaired) electrons. The van der Waals surface area contributed by atoms with Crippen LogP contribution in [0.2, 0.25) is 5.02 Å². The van der Waals surface area contributed by atoms with Gasteiger partial charge < -0.3 is 10.2 Å². The molecule has 0 unspecified atom stereocenters. The number of nitrogen functional groups attached to an aromatic ring is 1. The zero-order chi connectivity index (χ0) is 12.0. The first-order valence-electron chi connectivity index (χ1n) is 5.07. The van der Waals surface area contributed by atoms with Crippen LogP contribution >= 0.6 is 11.6 Å². The van der Waals surface area contributed by atoms with E-state index in [4.69, 9.17) is 21.8 Å². The smallest absolute Gasteiger partial charge is 0.344 e. The summed E-state index contributed by atoms with van der Waals surface area (Å²) in [5, 5.41) is 2.59. The fourth-order valence-electron chi connectivity index (χ4n) is 1.92. The fourth-order valence-corrected chi connectivity index (χ4v) is 2.09. The lowest BCUT2D eigenvalue weighted by atomic mass is 10.1. The number of hydrogen-bond acceptors (Lipinski definition) is 3. The van der Waals surface area contributed by atoms with Crippen molar-refractivity contribution >= 4 is 39.0 Å². The number of rotatable bonds is 0. The van der Waals surface area contributed by atoms with Gasteiger partial charge in [-0.2, -0.15) is 0 Å². The topological polar surface area (TPSA) is 56.2 Å². The van der Waals surface area contributed by atoms with Gasteiger partial charge in [0.2, 0.25) is 0 Å². The maximum atomic E-state index is 11.8. The van der Waals surface area contributed by atoms with E-state index in [1.165, 1.54) is 0 Å². The van der Waals surface area contributed by atoms with Crippen LogP contribution in [-0.4, -0.2) is 0 Å². The first kappa shape index (κ1) is 10.2. The molecule has 0 saturated heterocycles. The van der Waals surface area contributed by atoms with Crippen molar-refractivity contribution in [2.24, 2.45) is 0 Å². The number of nitrogens with two attached hydrogens (primary N) is 1. The van der Waals surface area contributed by atoms with E-state index >= 15 is 0 Å². The summed E-state index contributed by atoms with van der Waals surface area (Å²) in [7, 11) is 0. The average Bonchev–Trinajstić information content (AvgIpc) is 2.30. The Bertz CT molecular complexity index is 792. The van der Waals surface area contributed by atoms with Crippen LogP contribution in [0.25, 0.3) is 21.7 Å². The van der Waals surface area contributed by atoms with Crippen LogP contribution in [0, 0.1) is 0 Å². The van der Waals surface area contributed by atoms with Crippen molar-refractivity contribution < 1.29 is 4.42 Å². The summed E-state index contributed by atoms with van der Waals surface area (Å²) in [4.78, 5) is 11.8. The van der Waals surface area contributed by atoms with E-state index in [1.54, 1.807) is 36.4 Å². The van der Waals surface area contributed by atoms with E-state index < -0.39 is 0 Å². The first-order valence-corrected chi connectivity index (χ1v) is 5.44. The Hall–Kier alpha value is -2.00. The Morgan fingerprint density at radius 1 is 1.00 bits per heavy atom. The highest BCUT2D eigenvalue weighted by Gasteiger charge is 2.07. The third-order valence-corrected chi connectivity index (χ3v) is 2.93. The molecule has 84 valence electrons. The van der Waals surface area contributed by atoms with Crippen molar-refractivity contribution in [2.75, 3.05) is 5.73 Å². The van der Waals surface area contributed by atoms with Crippen molar-refractivity contribution in [3.05, 3.63) is 51.8 Å². The lowest BCUT2D eigenvalue weighted by molar-refractivity contribution is 0.570. The van der Waals surface area contributed by atoms with Gasteiger partial charge in [-0.15, -0.1) is 0 Å². The molecule has 0 amide bonds. The van der Waals surface area contributed by atoms with Gasteiger partial charge in [-0.25, -0.2) is 4.79 Å². The molecule has 2 aromatic carbocycles. The van der Waals surface area contributed by atoms with E-state index in [0.717, 1.165) is 10.8 Å². The Balaban J connectivity index is 2.62. The second kappa shape index (κ2) is 3.50. The summed E-state index contributed by atoms with van der Waals surface area (Å²) in [5.74, 6) is 0. The molecular formula is C13H8ClNO2. The molecule has 3 rings (SSSR count). The van der Waals surface area contributed by atoms with E-state index in [-0.39, 0.29) is 5.63 Å². The number of anilines is 1. The van der Waals surface area contributed by atoms with Gasteiger partial charge in [0.1, 0.15) is 5.58 Å². The first-order chi connectivity index (χ1) is 8.15. The van der Waals surface area contributed by atoms with Gasteiger partial charge in [-0.05, 0) is 30.3 Å². The van der Waals surface area contributed by atoms with Gasteiger partial charge in [-0.3, -0.25) is 0 Å². The summed E-state index contributed by atoms with van der Waals surface area (Å²) in [6, 6.07) is 10.3. The SMILES string of the molecule is Nc1ccc2oc(=O)c3cc(Cl)ccc3c2c1. The lowest BCUT2D eigenvalue weighted by Crippen LogP contribution is -2.00. The third-order valence-electron chi connectivity index (χ3n) is 2.70. The molecule has 0 aliphatic heterocycles. The van der Waals surface area contributed by atoms with Gasteiger partial charge >= 0.3 is 5.63 Å². The number of benzene rings is 2. The standard InChI is InChI=1S/C13H8ClNO2/c14-7-1-3-9-10-6-8(15)2-4-12(10)17-13(16)11(9)5-7/h1-6H,15H2. The second-order valence-electron chi connectivity index (χ2n) is 3.84. The van der Waals surface area contributed by atoms with E-state index in [2.05, 4.69) is 0 Å². The molecule has 1 heterocycles. The number of hydrogen-bond donors (Lipinski definition) is 1. The minimum atomic E-state index is -0.389. The molecule has 0 aliphatic carbocycles. The van der Waals surface area contributed by atoms with Crippen molar-refractivity contribution in [1.29, 1.82) is 0 Å². The van der Waals surface area contributed by atoms with Gasteiger partial charge in [0.25, 0.3) is 0 Å². The summed E-state index contributed by atoms with van der Waals surface area (Å²) >= 11 is 5.87. The van der Waals surface area contributed by atoms with Crippen molar-refractivity contribution in [3.8, 4) is 0 Å². The Kier molecular flexibility index (Phi) is 2.09. The van der Waals surface area contributed by atoms with Crippen molar-refractivity contribution in [1.82, 2.24) is 0 Å². The average molecular weight is 246 g/mol. The quantitative estimate of drug-likeness (QED) is 0.376. The highest BCUT2D eigenvalue weighted by Crippen LogP contribution is 2.26. The molecule has 0 bridgehead atoms. The minimum Gasteiger partial charge on any atom is -0.422 e. The van der Waals surface area contributed by atoms with Crippen LogP contribution in [0.4, 0.5) is 5.69 Å². The van der Waals surface area contributed by atoms with Gasteiger partial charge in [0, 0.05) is 21.5 Å². The molecule has 3 nitrogen and oxygen atoms in total. The summed E-state index contributed by atoms with van der Waals surface area (Å²) < 4.78 is 5.22. The summed E-state index contributed by atoms with van der Waals surface area (Å²) in [6.45, 7) is 0. The van der Waals surface area contributed by atoms with Crippen molar-refractivity contribution in [3.63, 3.8) is 0 Å². The zero-order valence-corrected chi connectivity index (χ0v) is 9.49. The second-order valence-corrected chi connectivity index (χ2v) is 4.27. The Morgan fingerprint density at radius 3 is 2.65 bits per heavy atom. The van der Waals surface area contributed by atoms with E-state index in [0.29, 0.717) is 21.7 Å². The molecular weight excluding hydrogens is 238 g/mol. The zero-order valence-electron chi connectivity index (χ0n) is 8.74. The highest BCUT2D eigenvalue weighted by atomic mass is 35.5. The van der Waals surface area contributed by atoms with Crippen LogP contribution < -0.4 is 11.4 Å². The van der Waals surface area contributed by atoms with Gasteiger partial charge in [-0.1, -0.05) is 17.7 Å². The molecule has 17 heavy (non-hydrogen) atoms. The Morgan fingerprint density at radius 2 is 1.82 bits per heavy atom. The van der Waals surface area contributed by atoms with Crippen LogP contribution in [-0.2, 0) is 0 Å². The van der Waals surface area contributed by atoms with Crippen LogP contribution in [0.3, 0.4) is 0 Å². The highest BCUT2D eigenvalue weighted by molar-refractivity contribution is 6.31. The molecule has 0 fully saturated rings. The molecule has 2 N–H and O–H groups in total. The summed E-state index contributed by atoms with van der Waals surface area (Å²) in [5.41, 5.74) is 6.50. The minimum absolute atomic E-state index is 0.389. The number of halogens is 1. The maximum Gasteiger partial charge on any atom is 0.344 e. The van der Waals surface area contributed by atoms with Crippen LogP contribution in [0.5, 0.6) is 0 Å². The predicted molar refractivity (Wildman–Crippen MR) is 69.4 cm³/mol. The maximum absolute atomic E-state index is 11.8. The van der Waals surface area contributed by atoms with E-state index in [1.807, 2.05) is 0 Å². The third kappa shape index (κ3) is 1.56. The van der Waals surface area contributed by atoms with Gasteiger partial charge in [0.15, 0.2) is 0 Å². The van der Waals surface area contributed by atoms with E-state index in [9.17, 15) is 4.79 Å². The molecule has 1 aromatic heterocycles. The molecule has 3 aromatic rings. The van der Waals surface area contributed by atoms with Crippen LogP contribution in [0.15, 0.2) is 45.6 Å². The molecule has 0 atom stereocenters. The molecule has 0 aliphatic rings. The normalized spacial score (nSPS) is 11.1. The Labute approximate surface area is 101 Å². The van der Waals surface area contributed by atoms with Crippen LogP contribution in [0.1, 0.15) is 0 Å². The summed E-state index contributed by atoms with van der Waals surface area (Å²) in [6.07, 6.45) is 0.